The molecule has 2 saturated carbocycles. The van der Waals surface area contributed by atoms with Crippen LogP contribution in [0.5, 0.6) is 0 Å². The average Bonchev–Trinajstić information content (AvgIpc) is 2.41. The third-order valence-electron chi connectivity index (χ3n) is 5.01. The molecule has 1 unspecified atom stereocenters. The maximum absolute atomic E-state index is 10.00. The van der Waals surface area contributed by atoms with E-state index in [4.69, 9.17) is 4.74 Å². The van der Waals surface area contributed by atoms with Crippen LogP contribution in [0.3, 0.4) is 0 Å². The van der Waals surface area contributed by atoms with Crippen LogP contribution in [0.4, 0.5) is 0 Å². The van der Waals surface area contributed by atoms with Crippen LogP contribution in [0.25, 0.3) is 0 Å². The molecule has 2 aliphatic rings. The van der Waals surface area contributed by atoms with Crippen LogP contribution in [-0.2, 0) is 4.74 Å². The Morgan fingerprint density at radius 1 is 1.30 bits per heavy atom. The maximum Gasteiger partial charge on any atom is 0.0897 e. The van der Waals surface area contributed by atoms with Crippen molar-refractivity contribution in [3.05, 3.63) is 0 Å². The van der Waals surface area contributed by atoms with E-state index in [9.17, 15) is 5.11 Å². The van der Waals surface area contributed by atoms with Gasteiger partial charge in [0.05, 0.1) is 18.8 Å². The van der Waals surface area contributed by atoms with E-state index in [2.05, 4.69) is 18.5 Å². The van der Waals surface area contributed by atoms with Gasteiger partial charge in [-0.25, -0.2) is 0 Å². The summed E-state index contributed by atoms with van der Waals surface area (Å²) in [5, 5.41) is 13.4. The lowest BCUT2D eigenvalue weighted by atomic mass is 9.84. The Morgan fingerprint density at radius 3 is 2.55 bits per heavy atom. The van der Waals surface area contributed by atoms with Gasteiger partial charge in [0.25, 0.3) is 0 Å². The first-order chi connectivity index (χ1) is 9.63. The fraction of sp³-hybridized carbons (Fsp3) is 1.00. The molecule has 3 nitrogen and oxygen atoms in total. The van der Waals surface area contributed by atoms with Gasteiger partial charge in [0.1, 0.15) is 0 Å². The predicted octanol–water partition coefficient (Wildman–Crippen LogP) is 2.82. The number of hydrogen-bond donors (Lipinski definition) is 2. The molecule has 2 rings (SSSR count). The number of aliphatic hydroxyl groups excluding tert-OH is 1. The summed E-state index contributed by atoms with van der Waals surface area (Å²) in [7, 11) is 0. The van der Waals surface area contributed by atoms with Crippen molar-refractivity contribution in [2.24, 2.45) is 5.92 Å². The summed E-state index contributed by atoms with van der Waals surface area (Å²) in [5.74, 6) is 0.853. The lowest BCUT2D eigenvalue weighted by Crippen LogP contribution is -2.45. The van der Waals surface area contributed by atoms with Crippen molar-refractivity contribution in [2.75, 3.05) is 26.0 Å². The number of hydrogen-bond acceptors (Lipinski definition) is 4. The van der Waals surface area contributed by atoms with Gasteiger partial charge in [0, 0.05) is 17.8 Å². The first-order valence-corrected chi connectivity index (χ1v) is 9.41. The number of rotatable bonds is 8. The third kappa shape index (κ3) is 4.90. The molecule has 0 aromatic heterocycles. The van der Waals surface area contributed by atoms with Crippen molar-refractivity contribution < 1.29 is 9.84 Å². The van der Waals surface area contributed by atoms with E-state index < -0.39 is 0 Å². The van der Waals surface area contributed by atoms with Crippen molar-refractivity contribution in [3.63, 3.8) is 0 Å². The summed E-state index contributed by atoms with van der Waals surface area (Å²) in [6, 6.07) is 0. The highest BCUT2D eigenvalue weighted by Gasteiger charge is 2.35. The molecule has 2 fully saturated rings. The summed E-state index contributed by atoms with van der Waals surface area (Å²) in [6.07, 6.45) is 11.1. The molecule has 118 valence electrons. The van der Waals surface area contributed by atoms with Gasteiger partial charge >= 0.3 is 0 Å². The Balaban J connectivity index is 1.53. The Labute approximate surface area is 128 Å². The van der Waals surface area contributed by atoms with E-state index in [1.165, 1.54) is 32.1 Å². The number of thioether (sulfide) groups is 1. The van der Waals surface area contributed by atoms with Gasteiger partial charge in [-0.15, -0.1) is 0 Å². The Kier molecular flexibility index (Phi) is 6.66. The zero-order valence-corrected chi connectivity index (χ0v) is 13.9. The lowest BCUT2D eigenvalue weighted by Gasteiger charge is -2.40. The molecule has 2 aliphatic carbocycles. The molecule has 0 aromatic carbocycles. The molecule has 0 radical (unpaired) electrons. The molecule has 1 atom stereocenters. The minimum atomic E-state index is -0.367. The molecular weight excluding hydrogens is 270 g/mol. The monoisotopic (exact) mass is 301 g/mol. The number of nitrogens with one attached hydrogen (secondary N) is 1. The summed E-state index contributed by atoms with van der Waals surface area (Å²) >= 11 is 1.97. The maximum atomic E-state index is 10.00. The second kappa shape index (κ2) is 8.02. The van der Waals surface area contributed by atoms with Gasteiger partial charge in [-0.05, 0) is 50.7 Å². The quantitative estimate of drug-likeness (QED) is 0.723. The van der Waals surface area contributed by atoms with Crippen molar-refractivity contribution in [1.29, 1.82) is 0 Å². The summed E-state index contributed by atoms with van der Waals surface area (Å²) in [4.78, 5) is 0. The van der Waals surface area contributed by atoms with Crippen molar-refractivity contribution in [2.45, 2.75) is 68.8 Å². The molecule has 0 spiro atoms. The highest BCUT2D eigenvalue weighted by Crippen LogP contribution is 2.42. The standard InChI is InChI=1S/C16H31NO2S/c1-13-4-6-15(7-5-13)19-11-14(18)10-17-12-16(20-2)8-3-9-16/h13-15,17-18H,3-12H2,1-2H3. The fourth-order valence-corrected chi connectivity index (χ4v) is 4.14. The number of ether oxygens (including phenoxy) is 1. The Hall–Kier alpha value is 0.230. The van der Waals surface area contributed by atoms with E-state index in [1.54, 1.807) is 0 Å². The summed E-state index contributed by atoms with van der Waals surface area (Å²) in [6.45, 7) is 4.48. The normalized spacial score (nSPS) is 30.8. The van der Waals surface area contributed by atoms with E-state index in [1.807, 2.05) is 11.8 Å². The van der Waals surface area contributed by atoms with Crippen molar-refractivity contribution in [3.8, 4) is 0 Å². The van der Waals surface area contributed by atoms with Crippen LogP contribution < -0.4 is 5.32 Å². The molecule has 0 aromatic rings. The molecule has 2 N–H and O–H groups in total. The van der Waals surface area contributed by atoms with E-state index in [-0.39, 0.29) is 6.10 Å². The first-order valence-electron chi connectivity index (χ1n) is 8.19. The third-order valence-corrected chi connectivity index (χ3v) is 6.43. The van der Waals surface area contributed by atoms with E-state index >= 15 is 0 Å². The van der Waals surface area contributed by atoms with Crippen molar-refractivity contribution >= 4 is 11.8 Å². The zero-order chi connectivity index (χ0) is 14.4. The Morgan fingerprint density at radius 2 is 2.00 bits per heavy atom. The van der Waals surface area contributed by atoms with Crippen LogP contribution in [-0.4, -0.2) is 48.0 Å². The van der Waals surface area contributed by atoms with E-state index in [0.717, 1.165) is 25.3 Å². The largest absolute Gasteiger partial charge is 0.389 e. The second-order valence-corrected chi connectivity index (χ2v) is 8.01. The van der Waals surface area contributed by atoms with Crippen LogP contribution >= 0.6 is 11.8 Å². The van der Waals surface area contributed by atoms with Gasteiger partial charge in [-0.2, -0.15) is 11.8 Å². The molecular formula is C16H31NO2S. The molecule has 0 bridgehead atoms. The zero-order valence-electron chi connectivity index (χ0n) is 13.1. The minimum Gasteiger partial charge on any atom is -0.389 e. The van der Waals surface area contributed by atoms with Gasteiger partial charge in [-0.3, -0.25) is 0 Å². The Bertz CT molecular complexity index is 270. The van der Waals surface area contributed by atoms with Crippen LogP contribution in [0.2, 0.25) is 0 Å². The molecule has 0 amide bonds. The SMILES string of the molecule is CSC1(CNCC(O)COC2CCC(C)CC2)CCC1. The van der Waals surface area contributed by atoms with E-state index in [0.29, 0.717) is 24.0 Å². The summed E-state index contributed by atoms with van der Waals surface area (Å²) in [5.41, 5.74) is 0. The topological polar surface area (TPSA) is 41.5 Å². The predicted molar refractivity (Wildman–Crippen MR) is 86.3 cm³/mol. The lowest BCUT2D eigenvalue weighted by molar-refractivity contribution is -0.0279. The summed E-state index contributed by atoms with van der Waals surface area (Å²) < 4.78 is 6.29. The molecule has 0 aliphatic heterocycles. The minimum absolute atomic E-state index is 0.367. The van der Waals surface area contributed by atoms with Gasteiger partial charge in [0.15, 0.2) is 0 Å². The van der Waals surface area contributed by atoms with Crippen LogP contribution in [0, 0.1) is 5.92 Å². The molecule has 20 heavy (non-hydrogen) atoms. The average molecular weight is 301 g/mol. The second-order valence-electron chi connectivity index (χ2n) is 6.74. The van der Waals surface area contributed by atoms with Crippen molar-refractivity contribution in [1.82, 2.24) is 5.32 Å². The van der Waals surface area contributed by atoms with Gasteiger partial charge < -0.3 is 15.2 Å². The highest BCUT2D eigenvalue weighted by molar-refractivity contribution is 8.00. The van der Waals surface area contributed by atoms with Crippen LogP contribution in [0.15, 0.2) is 0 Å². The van der Waals surface area contributed by atoms with Crippen LogP contribution in [0.1, 0.15) is 51.9 Å². The number of aliphatic hydroxyl groups is 1. The first kappa shape index (κ1) is 16.6. The highest BCUT2D eigenvalue weighted by atomic mass is 32.2. The smallest absolute Gasteiger partial charge is 0.0897 e. The molecule has 4 heteroatoms. The van der Waals surface area contributed by atoms with Gasteiger partial charge in [-0.1, -0.05) is 13.3 Å². The molecule has 0 saturated heterocycles. The van der Waals surface area contributed by atoms with Gasteiger partial charge in [0.2, 0.25) is 0 Å². The molecule has 0 heterocycles. The fourth-order valence-electron chi connectivity index (χ4n) is 3.19.